The van der Waals surface area contributed by atoms with Gasteiger partial charge in [-0.25, -0.2) is 9.67 Å². The van der Waals surface area contributed by atoms with E-state index in [0.717, 1.165) is 12.4 Å². The molecule has 1 aliphatic heterocycles. The van der Waals surface area contributed by atoms with Crippen molar-refractivity contribution in [3.63, 3.8) is 0 Å². The average Bonchev–Trinajstić information content (AvgIpc) is 2.75. The summed E-state index contributed by atoms with van der Waals surface area (Å²) in [7, 11) is 0. The van der Waals surface area contributed by atoms with Crippen molar-refractivity contribution in [2.45, 2.75) is 30.9 Å². The Bertz CT molecular complexity index is 333. The Morgan fingerprint density at radius 1 is 1.43 bits per heavy atom. The Kier molecular flexibility index (Phi) is 1.81. The van der Waals surface area contributed by atoms with Gasteiger partial charge in [-0.15, -0.1) is 0 Å². The molecule has 1 saturated heterocycles. The van der Waals surface area contributed by atoms with Gasteiger partial charge in [-0.1, -0.05) is 0 Å². The summed E-state index contributed by atoms with van der Waals surface area (Å²) in [6.45, 7) is 1.44. The van der Waals surface area contributed by atoms with Gasteiger partial charge in [-0.3, -0.25) is 0 Å². The van der Waals surface area contributed by atoms with Gasteiger partial charge in [0.05, 0.1) is 12.1 Å². The zero-order chi connectivity index (χ0) is 9.54. The van der Waals surface area contributed by atoms with E-state index >= 15 is 0 Å². The second-order valence-corrected chi connectivity index (χ2v) is 4.15. The van der Waals surface area contributed by atoms with Gasteiger partial charge in [-0.05, 0) is 12.8 Å². The predicted octanol–water partition coefficient (Wildman–Crippen LogP) is -0.339. The minimum absolute atomic E-state index is 0.0648. The normalized spacial score (nSPS) is 32.4. The summed E-state index contributed by atoms with van der Waals surface area (Å²) in [6, 6.07) is 0.0648. The molecule has 1 aliphatic carbocycles. The van der Waals surface area contributed by atoms with E-state index in [-0.39, 0.29) is 12.1 Å². The van der Waals surface area contributed by atoms with Crippen LogP contribution in [0.4, 0.5) is 0 Å². The van der Waals surface area contributed by atoms with Gasteiger partial charge in [-0.2, -0.15) is 5.10 Å². The van der Waals surface area contributed by atoms with Gasteiger partial charge in [0, 0.05) is 19.0 Å². The van der Waals surface area contributed by atoms with Crippen molar-refractivity contribution < 1.29 is 5.11 Å². The number of nitrogens with zero attached hydrogens (tertiary/aromatic N) is 3. The molecule has 2 N–H and O–H groups in total. The van der Waals surface area contributed by atoms with Gasteiger partial charge in [0.15, 0.2) is 5.82 Å². The lowest BCUT2D eigenvalue weighted by Crippen LogP contribution is -2.22. The fourth-order valence-corrected chi connectivity index (χ4v) is 1.90. The Hall–Kier alpha value is -0.940. The Balaban J connectivity index is 1.81. The van der Waals surface area contributed by atoms with Crippen LogP contribution in [-0.4, -0.2) is 39.1 Å². The number of hydrogen-bond donors (Lipinski definition) is 2. The molecule has 0 spiro atoms. The van der Waals surface area contributed by atoms with Crippen LogP contribution in [-0.2, 0) is 0 Å². The van der Waals surface area contributed by atoms with E-state index < -0.39 is 0 Å². The van der Waals surface area contributed by atoms with E-state index in [2.05, 4.69) is 15.4 Å². The van der Waals surface area contributed by atoms with Crippen LogP contribution >= 0.6 is 0 Å². The van der Waals surface area contributed by atoms with Crippen LogP contribution in [0.5, 0.6) is 0 Å². The summed E-state index contributed by atoms with van der Waals surface area (Å²) >= 11 is 0. The van der Waals surface area contributed by atoms with Crippen LogP contribution in [0.1, 0.15) is 30.6 Å². The van der Waals surface area contributed by atoms with Gasteiger partial charge in [0.1, 0.15) is 6.33 Å². The molecule has 2 aliphatic rings. The molecule has 3 rings (SSSR count). The zero-order valence-electron chi connectivity index (χ0n) is 7.93. The smallest absolute Gasteiger partial charge is 0.153 e. The highest BCUT2D eigenvalue weighted by Gasteiger charge is 2.31. The monoisotopic (exact) mass is 194 g/mol. The summed E-state index contributed by atoms with van der Waals surface area (Å²) in [5.74, 6) is 1.53. The number of hydrogen-bond acceptors (Lipinski definition) is 4. The van der Waals surface area contributed by atoms with Gasteiger partial charge in [0.2, 0.25) is 0 Å². The largest absolute Gasteiger partial charge is 0.390 e. The van der Waals surface area contributed by atoms with E-state index in [1.807, 2.05) is 0 Å². The third-order valence-corrected chi connectivity index (χ3v) is 2.96. The number of aromatic nitrogens is 3. The Morgan fingerprint density at radius 3 is 2.93 bits per heavy atom. The van der Waals surface area contributed by atoms with Gasteiger partial charge in [0.25, 0.3) is 0 Å². The highest BCUT2D eigenvalue weighted by molar-refractivity contribution is 5.03. The van der Waals surface area contributed by atoms with E-state index in [0.29, 0.717) is 12.5 Å². The number of nitrogens with one attached hydrogen (secondary N) is 1. The molecule has 2 atom stereocenters. The second kappa shape index (κ2) is 3.03. The van der Waals surface area contributed by atoms with Crippen molar-refractivity contribution >= 4 is 0 Å². The van der Waals surface area contributed by atoms with Crippen LogP contribution in [0, 0.1) is 0 Å². The molecule has 5 nitrogen and oxygen atoms in total. The molecule has 2 fully saturated rings. The van der Waals surface area contributed by atoms with E-state index in [1.54, 1.807) is 11.0 Å². The van der Waals surface area contributed by atoms with E-state index in [9.17, 15) is 5.11 Å². The molecule has 1 saturated carbocycles. The van der Waals surface area contributed by atoms with Crippen LogP contribution in [0.2, 0.25) is 0 Å². The van der Waals surface area contributed by atoms with Crippen LogP contribution in [0.25, 0.3) is 0 Å². The first-order valence-electron chi connectivity index (χ1n) is 5.14. The average molecular weight is 194 g/mol. The minimum Gasteiger partial charge on any atom is -0.390 e. The molecule has 5 heteroatoms. The molecule has 2 unspecified atom stereocenters. The summed E-state index contributed by atoms with van der Waals surface area (Å²) < 4.78 is 1.80. The maximum atomic E-state index is 9.65. The van der Waals surface area contributed by atoms with Crippen LogP contribution in [0.3, 0.4) is 0 Å². The third kappa shape index (κ3) is 1.33. The number of β-amino-alcohol motifs (C(OH)–C–C–N with tert-alkyl or cyclic N) is 1. The molecular formula is C9H14N4O. The molecule has 2 heterocycles. The van der Waals surface area contributed by atoms with Crippen LogP contribution < -0.4 is 5.32 Å². The SMILES string of the molecule is OC1CNCC1n1cnc(C2CC2)n1. The summed E-state index contributed by atoms with van der Waals surface area (Å²) in [5.41, 5.74) is 0. The Labute approximate surface area is 82.1 Å². The highest BCUT2D eigenvalue weighted by atomic mass is 16.3. The van der Waals surface area contributed by atoms with E-state index in [4.69, 9.17) is 0 Å². The highest BCUT2D eigenvalue weighted by Crippen LogP contribution is 2.37. The minimum atomic E-state index is -0.330. The van der Waals surface area contributed by atoms with Crippen molar-refractivity contribution in [3.05, 3.63) is 12.2 Å². The Morgan fingerprint density at radius 2 is 2.29 bits per heavy atom. The summed E-state index contributed by atoms with van der Waals surface area (Å²) in [5, 5.41) is 17.2. The topological polar surface area (TPSA) is 63.0 Å². The van der Waals surface area contributed by atoms with Crippen molar-refractivity contribution in [1.82, 2.24) is 20.1 Å². The predicted molar refractivity (Wildman–Crippen MR) is 49.9 cm³/mol. The third-order valence-electron chi connectivity index (χ3n) is 2.96. The standard InChI is InChI=1S/C9H14N4O/c14-8-4-10-3-7(8)13-5-11-9(12-13)6-1-2-6/h5-8,10,14H,1-4H2. The number of aliphatic hydroxyl groups is 1. The quantitative estimate of drug-likeness (QED) is 0.676. The molecule has 0 radical (unpaired) electrons. The van der Waals surface area contributed by atoms with Gasteiger partial charge >= 0.3 is 0 Å². The molecule has 0 amide bonds. The van der Waals surface area contributed by atoms with Gasteiger partial charge < -0.3 is 10.4 Å². The van der Waals surface area contributed by atoms with Crippen molar-refractivity contribution in [2.75, 3.05) is 13.1 Å². The summed E-state index contributed by atoms with van der Waals surface area (Å²) in [4.78, 5) is 4.27. The lowest BCUT2D eigenvalue weighted by molar-refractivity contribution is 0.144. The first-order valence-corrected chi connectivity index (χ1v) is 5.14. The molecule has 0 bridgehead atoms. The van der Waals surface area contributed by atoms with Crippen molar-refractivity contribution in [1.29, 1.82) is 0 Å². The lowest BCUT2D eigenvalue weighted by atomic mass is 10.2. The molecule has 1 aromatic heterocycles. The maximum Gasteiger partial charge on any atom is 0.153 e. The zero-order valence-corrected chi connectivity index (χ0v) is 7.93. The fourth-order valence-electron chi connectivity index (χ4n) is 1.90. The molecule has 76 valence electrons. The first kappa shape index (κ1) is 8.38. The molecular weight excluding hydrogens is 180 g/mol. The number of rotatable bonds is 2. The van der Waals surface area contributed by atoms with Crippen molar-refractivity contribution in [3.8, 4) is 0 Å². The van der Waals surface area contributed by atoms with Crippen LogP contribution in [0.15, 0.2) is 6.33 Å². The second-order valence-electron chi connectivity index (χ2n) is 4.15. The molecule has 1 aromatic rings. The summed E-state index contributed by atoms with van der Waals surface area (Å²) in [6.07, 6.45) is 3.85. The fraction of sp³-hybridized carbons (Fsp3) is 0.778. The van der Waals surface area contributed by atoms with Crippen molar-refractivity contribution in [2.24, 2.45) is 0 Å². The maximum absolute atomic E-state index is 9.65. The molecule has 0 aromatic carbocycles. The molecule has 14 heavy (non-hydrogen) atoms. The number of aliphatic hydroxyl groups excluding tert-OH is 1. The first-order chi connectivity index (χ1) is 6.84. The lowest BCUT2D eigenvalue weighted by Gasteiger charge is -2.12. The van der Waals surface area contributed by atoms with E-state index in [1.165, 1.54) is 12.8 Å².